The molecule has 0 radical (unpaired) electrons. The molecule has 6 nitrogen and oxygen atoms in total. The minimum Gasteiger partial charge on any atom is -0.454 e. The number of carbonyl (C=O) groups is 2. The van der Waals surface area contributed by atoms with Crippen molar-refractivity contribution in [3.63, 3.8) is 0 Å². The summed E-state index contributed by atoms with van der Waals surface area (Å²) in [5.74, 6) is -0.644. The average Bonchev–Trinajstić information content (AvgIpc) is 2.87. The van der Waals surface area contributed by atoms with Gasteiger partial charge in [-0.2, -0.15) is 4.31 Å². The fraction of sp³-hybridized carbons (Fsp3) is 0.310. The van der Waals surface area contributed by atoms with Crippen LogP contribution in [0.2, 0.25) is 0 Å². The maximum Gasteiger partial charge on any atom is 0.338 e. The molecule has 0 heterocycles. The molecule has 0 spiro atoms. The Morgan fingerprint density at radius 1 is 0.722 bits per heavy atom. The number of Topliss-reactive ketones (excluding diaryl/α,β-unsaturated/α-hetero) is 1. The lowest BCUT2D eigenvalue weighted by Gasteiger charge is -2.25. The van der Waals surface area contributed by atoms with Gasteiger partial charge in [-0.15, -0.1) is 0 Å². The first kappa shape index (κ1) is 27.3. The molecule has 7 heteroatoms. The number of sulfonamides is 1. The zero-order valence-corrected chi connectivity index (χ0v) is 22.0. The van der Waals surface area contributed by atoms with Gasteiger partial charge in [0.05, 0.1) is 10.5 Å². The number of esters is 1. The van der Waals surface area contributed by atoms with Crippen LogP contribution in [0.1, 0.15) is 48.4 Å². The molecule has 0 amide bonds. The molecule has 0 unspecified atom stereocenters. The summed E-state index contributed by atoms with van der Waals surface area (Å²) < 4.78 is 32.9. The van der Waals surface area contributed by atoms with Gasteiger partial charge in [0.2, 0.25) is 10.0 Å². The van der Waals surface area contributed by atoms with Gasteiger partial charge >= 0.3 is 5.97 Å². The minimum atomic E-state index is -3.69. The third-order valence-electron chi connectivity index (χ3n) is 5.51. The molecule has 0 aliphatic heterocycles. The summed E-state index contributed by atoms with van der Waals surface area (Å²) >= 11 is 0. The van der Waals surface area contributed by atoms with Crippen molar-refractivity contribution in [1.29, 1.82) is 0 Å². The Hall–Kier alpha value is -3.29. The largest absolute Gasteiger partial charge is 0.454 e. The summed E-state index contributed by atoms with van der Waals surface area (Å²) in [4.78, 5) is 25.1. The van der Waals surface area contributed by atoms with Crippen LogP contribution in [-0.2, 0) is 14.8 Å². The lowest BCUT2D eigenvalue weighted by molar-refractivity contribution is 0.0474. The van der Waals surface area contributed by atoms with Crippen LogP contribution < -0.4 is 0 Å². The number of benzene rings is 3. The Morgan fingerprint density at radius 2 is 1.22 bits per heavy atom. The van der Waals surface area contributed by atoms with Crippen molar-refractivity contribution in [2.75, 3.05) is 19.7 Å². The predicted molar refractivity (Wildman–Crippen MR) is 141 cm³/mol. The van der Waals surface area contributed by atoms with Crippen molar-refractivity contribution < 1.29 is 22.7 Å². The van der Waals surface area contributed by atoms with Gasteiger partial charge < -0.3 is 4.74 Å². The molecule has 0 atom stereocenters. The third kappa shape index (κ3) is 7.12. The van der Waals surface area contributed by atoms with Gasteiger partial charge in [-0.3, -0.25) is 4.79 Å². The fourth-order valence-corrected chi connectivity index (χ4v) is 5.54. The number of hydrogen-bond acceptors (Lipinski definition) is 5. The molecule has 3 aromatic rings. The Kier molecular flexibility index (Phi) is 9.18. The highest BCUT2D eigenvalue weighted by atomic mass is 32.2. The second-order valence-corrected chi connectivity index (χ2v) is 11.5. The Balaban J connectivity index is 1.62. The van der Waals surface area contributed by atoms with Crippen LogP contribution in [0.5, 0.6) is 0 Å². The second kappa shape index (κ2) is 12.1. The second-order valence-electron chi connectivity index (χ2n) is 9.58. The third-order valence-corrected chi connectivity index (χ3v) is 7.36. The molecule has 3 aromatic carbocycles. The molecule has 0 aliphatic carbocycles. The molecule has 0 aromatic heterocycles. The average molecular weight is 508 g/mol. The van der Waals surface area contributed by atoms with Crippen molar-refractivity contribution >= 4 is 21.8 Å². The first-order chi connectivity index (χ1) is 17.1. The van der Waals surface area contributed by atoms with Crippen LogP contribution in [0, 0.1) is 11.8 Å². The van der Waals surface area contributed by atoms with Gasteiger partial charge in [-0.25, -0.2) is 13.2 Å². The molecule has 0 N–H and O–H groups in total. The van der Waals surface area contributed by atoms with E-state index in [0.717, 1.165) is 11.1 Å². The van der Waals surface area contributed by atoms with Gasteiger partial charge in [0.25, 0.3) is 0 Å². The topological polar surface area (TPSA) is 80.8 Å². The molecule has 3 rings (SSSR count). The highest BCUT2D eigenvalue weighted by Gasteiger charge is 2.26. The Morgan fingerprint density at radius 3 is 1.75 bits per heavy atom. The summed E-state index contributed by atoms with van der Waals surface area (Å²) in [6, 6.07) is 22.6. The SMILES string of the molecule is CC(C)CN(CC(C)C)S(=O)(=O)c1ccc(C(=O)OCC(=O)c2ccc(-c3ccccc3)cc2)cc1. The number of carbonyl (C=O) groups excluding carboxylic acids is 2. The molecule has 190 valence electrons. The predicted octanol–water partition coefficient (Wildman–Crippen LogP) is 5.70. The van der Waals surface area contributed by atoms with Crippen LogP contribution in [-0.4, -0.2) is 44.2 Å². The van der Waals surface area contributed by atoms with Crippen LogP contribution in [0.4, 0.5) is 0 Å². The summed E-state index contributed by atoms with van der Waals surface area (Å²) in [5.41, 5.74) is 2.66. The molecule has 0 bridgehead atoms. The monoisotopic (exact) mass is 507 g/mol. The van der Waals surface area contributed by atoms with Gasteiger partial charge in [-0.05, 0) is 47.2 Å². The van der Waals surface area contributed by atoms with E-state index in [1.807, 2.05) is 70.2 Å². The van der Waals surface area contributed by atoms with E-state index < -0.39 is 22.6 Å². The molecule has 0 saturated carbocycles. The normalized spacial score (nSPS) is 11.8. The molecular weight excluding hydrogens is 474 g/mol. The number of ether oxygens (including phenoxy) is 1. The van der Waals surface area contributed by atoms with E-state index >= 15 is 0 Å². The molecule has 36 heavy (non-hydrogen) atoms. The van der Waals surface area contributed by atoms with Crippen LogP contribution >= 0.6 is 0 Å². The van der Waals surface area contributed by atoms with Crippen LogP contribution in [0.25, 0.3) is 11.1 Å². The summed E-state index contributed by atoms with van der Waals surface area (Å²) in [6.45, 7) is 8.32. The quantitative estimate of drug-likeness (QED) is 0.246. The lowest BCUT2D eigenvalue weighted by atomic mass is 10.0. The number of hydrogen-bond donors (Lipinski definition) is 0. The van der Waals surface area contributed by atoms with Gasteiger partial charge in [-0.1, -0.05) is 82.3 Å². The molecule has 0 saturated heterocycles. The van der Waals surface area contributed by atoms with E-state index in [-0.39, 0.29) is 28.1 Å². The maximum absolute atomic E-state index is 13.1. The minimum absolute atomic E-state index is 0.120. The molecule has 0 aliphatic rings. The van der Waals surface area contributed by atoms with E-state index in [4.69, 9.17) is 4.74 Å². The highest BCUT2D eigenvalue weighted by molar-refractivity contribution is 7.89. The highest BCUT2D eigenvalue weighted by Crippen LogP contribution is 2.21. The summed E-state index contributed by atoms with van der Waals surface area (Å²) in [5, 5.41) is 0. The number of ketones is 1. The Labute approximate surface area is 214 Å². The van der Waals surface area contributed by atoms with E-state index in [0.29, 0.717) is 18.7 Å². The van der Waals surface area contributed by atoms with Gasteiger partial charge in [0, 0.05) is 18.7 Å². The molecular formula is C29H33NO5S. The smallest absolute Gasteiger partial charge is 0.338 e. The van der Waals surface area contributed by atoms with Crippen molar-refractivity contribution in [2.45, 2.75) is 32.6 Å². The zero-order chi connectivity index (χ0) is 26.3. The van der Waals surface area contributed by atoms with E-state index in [9.17, 15) is 18.0 Å². The van der Waals surface area contributed by atoms with E-state index in [1.54, 1.807) is 12.1 Å². The molecule has 0 fully saturated rings. The van der Waals surface area contributed by atoms with Crippen molar-refractivity contribution in [3.05, 3.63) is 90.0 Å². The first-order valence-electron chi connectivity index (χ1n) is 12.0. The van der Waals surface area contributed by atoms with Crippen molar-refractivity contribution in [3.8, 4) is 11.1 Å². The standard InChI is InChI=1S/C29H33NO5S/c1-21(2)18-30(19-22(3)4)36(33,34)27-16-14-26(15-17-27)29(32)35-20-28(31)25-12-10-24(11-13-25)23-8-6-5-7-9-23/h5-17,21-22H,18-20H2,1-4H3. The van der Waals surface area contributed by atoms with E-state index in [2.05, 4.69) is 0 Å². The summed E-state index contributed by atoms with van der Waals surface area (Å²) in [6.07, 6.45) is 0. The Bertz CT molecular complexity index is 1260. The van der Waals surface area contributed by atoms with Crippen molar-refractivity contribution in [2.24, 2.45) is 11.8 Å². The fourth-order valence-electron chi connectivity index (χ4n) is 3.77. The van der Waals surface area contributed by atoms with Crippen molar-refractivity contribution in [1.82, 2.24) is 4.31 Å². The van der Waals surface area contributed by atoms with E-state index in [1.165, 1.54) is 28.6 Å². The lowest BCUT2D eigenvalue weighted by Crippen LogP contribution is -2.37. The zero-order valence-electron chi connectivity index (χ0n) is 21.2. The maximum atomic E-state index is 13.1. The van der Waals surface area contributed by atoms with Gasteiger partial charge in [0.15, 0.2) is 12.4 Å². The number of nitrogens with zero attached hydrogens (tertiary/aromatic N) is 1. The van der Waals surface area contributed by atoms with Gasteiger partial charge in [0.1, 0.15) is 0 Å². The number of rotatable bonds is 11. The van der Waals surface area contributed by atoms with Crippen LogP contribution in [0.3, 0.4) is 0 Å². The summed E-state index contributed by atoms with van der Waals surface area (Å²) in [7, 11) is -3.69. The van der Waals surface area contributed by atoms with Crippen LogP contribution in [0.15, 0.2) is 83.8 Å². The first-order valence-corrected chi connectivity index (χ1v) is 13.5.